The van der Waals surface area contributed by atoms with Crippen molar-refractivity contribution in [3.8, 4) is 0 Å². The molecule has 1 N–H and O–H groups in total. The average Bonchev–Trinajstić information content (AvgIpc) is 2.84. The fourth-order valence-electron chi connectivity index (χ4n) is 2.86. The first-order valence-electron chi connectivity index (χ1n) is 8.08. The number of anilines is 1. The summed E-state index contributed by atoms with van der Waals surface area (Å²) in [5.74, 6) is -0.118. The van der Waals surface area contributed by atoms with Crippen molar-refractivity contribution in [2.75, 3.05) is 19.0 Å². The van der Waals surface area contributed by atoms with Gasteiger partial charge in [-0.25, -0.2) is 4.79 Å². The minimum Gasteiger partial charge on any atom is -0.378 e. The quantitative estimate of drug-likeness (QED) is 0.790. The highest BCUT2D eigenvalue weighted by molar-refractivity contribution is 5.94. The minimum absolute atomic E-state index is 0.0582. The van der Waals surface area contributed by atoms with Gasteiger partial charge < -0.3 is 10.2 Å². The normalized spacial score (nSPS) is 10.9. The van der Waals surface area contributed by atoms with Crippen LogP contribution in [0.25, 0.3) is 11.0 Å². The van der Waals surface area contributed by atoms with Gasteiger partial charge in [-0.3, -0.25) is 13.9 Å². The van der Waals surface area contributed by atoms with Crippen LogP contribution in [0.2, 0.25) is 0 Å². The number of nitrogens with zero attached hydrogens (tertiary/aromatic N) is 3. The second-order valence-corrected chi connectivity index (χ2v) is 6.35. The number of aryl methyl sites for hydroxylation is 2. The van der Waals surface area contributed by atoms with Crippen LogP contribution in [-0.2, 0) is 20.6 Å². The molecule has 25 heavy (non-hydrogen) atoms. The Hall–Kier alpha value is -3.02. The van der Waals surface area contributed by atoms with E-state index in [0.29, 0.717) is 12.1 Å². The first kappa shape index (κ1) is 16.8. The van der Waals surface area contributed by atoms with Crippen LogP contribution < -0.4 is 15.9 Å². The van der Waals surface area contributed by atoms with E-state index in [-0.39, 0.29) is 11.6 Å². The maximum Gasteiger partial charge on any atom is 0.328 e. The highest BCUT2D eigenvalue weighted by Gasteiger charge is 2.09. The van der Waals surface area contributed by atoms with Gasteiger partial charge >= 0.3 is 5.69 Å². The van der Waals surface area contributed by atoms with Gasteiger partial charge in [-0.2, -0.15) is 0 Å². The number of nitrogens with one attached hydrogen (secondary N) is 1. The van der Waals surface area contributed by atoms with Gasteiger partial charge in [0.2, 0.25) is 0 Å². The third-order valence-corrected chi connectivity index (χ3v) is 4.44. The van der Waals surface area contributed by atoms with E-state index < -0.39 is 0 Å². The van der Waals surface area contributed by atoms with Crippen LogP contribution in [0.4, 0.5) is 5.69 Å². The van der Waals surface area contributed by atoms with Crippen LogP contribution in [0.1, 0.15) is 15.9 Å². The van der Waals surface area contributed by atoms with Gasteiger partial charge in [0.1, 0.15) is 0 Å². The van der Waals surface area contributed by atoms with Gasteiger partial charge in [0, 0.05) is 46.0 Å². The lowest BCUT2D eigenvalue weighted by Gasteiger charge is -2.12. The minimum atomic E-state index is -0.118. The second-order valence-electron chi connectivity index (χ2n) is 6.35. The third kappa shape index (κ3) is 3.15. The summed E-state index contributed by atoms with van der Waals surface area (Å²) in [7, 11) is 7.42. The smallest absolute Gasteiger partial charge is 0.328 e. The molecule has 130 valence electrons. The molecule has 0 unspecified atom stereocenters. The molecule has 0 bridgehead atoms. The fraction of sp³-hybridized carbons (Fsp3) is 0.263. The largest absolute Gasteiger partial charge is 0.378 e. The van der Waals surface area contributed by atoms with E-state index >= 15 is 0 Å². The SMILES string of the molecule is CN(C)c1ccc(C(=O)NCc2ccc3c(c2)n(C)c(=O)n3C)cc1. The van der Waals surface area contributed by atoms with Gasteiger partial charge in [0.25, 0.3) is 5.91 Å². The lowest BCUT2D eigenvalue weighted by atomic mass is 10.1. The maximum atomic E-state index is 12.3. The Labute approximate surface area is 146 Å². The average molecular weight is 338 g/mol. The monoisotopic (exact) mass is 338 g/mol. The number of hydrogen-bond acceptors (Lipinski definition) is 3. The van der Waals surface area contributed by atoms with E-state index in [4.69, 9.17) is 0 Å². The van der Waals surface area contributed by atoms with Crippen LogP contribution in [-0.4, -0.2) is 29.1 Å². The lowest BCUT2D eigenvalue weighted by Crippen LogP contribution is -2.22. The standard InChI is InChI=1S/C19H22N4O2/c1-21(2)15-8-6-14(7-9-15)18(24)20-12-13-5-10-16-17(11-13)23(4)19(25)22(16)3/h5-11H,12H2,1-4H3,(H,20,24). The Kier molecular flexibility index (Phi) is 4.35. The predicted molar refractivity (Wildman–Crippen MR) is 100 cm³/mol. The zero-order chi connectivity index (χ0) is 18.1. The number of benzene rings is 2. The third-order valence-electron chi connectivity index (χ3n) is 4.44. The van der Waals surface area contributed by atoms with Crippen LogP contribution in [0.3, 0.4) is 0 Å². The number of fused-ring (bicyclic) bond motifs is 1. The Bertz CT molecular complexity index is 981. The van der Waals surface area contributed by atoms with Crippen LogP contribution in [0.15, 0.2) is 47.3 Å². The van der Waals surface area contributed by atoms with Crippen molar-refractivity contribution in [3.05, 3.63) is 64.1 Å². The van der Waals surface area contributed by atoms with Crippen molar-refractivity contribution in [2.45, 2.75) is 6.54 Å². The summed E-state index contributed by atoms with van der Waals surface area (Å²) in [6.07, 6.45) is 0. The first-order chi connectivity index (χ1) is 11.9. The Morgan fingerprint density at radius 1 is 1.00 bits per heavy atom. The summed E-state index contributed by atoms with van der Waals surface area (Å²) in [6.45, 7) is 0.410. The molecule has 0 saturated heterocycles. The van der Waals surface area contributed by atoms with Crippen LogP contribution >= 0.6 is 0 Å². The van der Waals surface area contributed by atoms with Crippen molar-refractivity contribution >= 4 is 22.6 Å². The molecule has 0 radical (unpaired) electrons. The molecule has 0 fully saturated rings. The molecule has 0 aliphatic rings. The number of aromatic nitrogens is 2. The topological polar surface area (TPSA) is 59.3 Å². The van der Waals surface area contributed by atoms with Crippen LogP contribution in [0, 0.1) is 0 Å². The van der Waals surface area contributed by atoms with Crippen LogP contribution in [0.5, 0.6) is 0 Å². The number of hydrogen-bond donors (Lipinski definition) is 1. The summed E-state index contributed by atoms with van der Waals surface area (Å²) in [5, 5.41) is 2.92. The van der Waals surface area contributed by atoms with E-state index in [0.717, 1.165) is 22.3 Å². The summed E-state index contributed by atoms with van der Waals surface area (Å²) in [4.78, 5) is 26.3. The van der Waals surface area contributed by atoms with Gasteiger partial charge in [-0.1, -0.05) is 6.07 Å². The van der Waals surface area contributed by atoms with E-state index in [1.165, 1.54) is 0 Å². The van der Waals surface area contributed by atoms with Crippen molar-refractivity contribution < 1.29 is 4.79 Å². The molecule has 0 aliphatic carbocycles. The Morgan fingerprint density at radius 2 is 1.64 bits per heavy atom. The molecule has 1 heterocycles. The molecule has 0 aliphatic heterocycles. The summed E-state index contributed by atoms with van der Waals surface area (Å²) in [6, 6.07) is 13.2. The highest BCUT2D eigenvalue weighted by atomic mass is 16.2. The molecule has 3 rings (SSSR count). The molecule has 1 amide bonds. The number of carbonyl (C=O) groups is 1. The molecular formula is C19H22N4O2. The Morgan fingerprint density at radius 3 is 2.28 bits per heavy atom. The fourth-order valence-corrected chi connectivity index (χ4v) is 2.86. The molecular weight excluding hydrogens is 316 g/mol. The van der Waals surface area contributed by atoms with E-state index in [1.54, 1.807) is 23.2 Å². The highest BCUT2D eigenvalue weighted by Crippen LogP contribution is 2.15. The zero-order valence-corrected chi connectivity index (χ0v) is 14.9. The van der Waals surface area contributed by atoms with Crippen molar-refractivity contribution in [1.82, 2.24) is 14.5 Å². The summed E-state index contributed by atoms with van der Waals surface area (Å²) < 4.78 is 3.23. The second kappa shape index (κ2) is 6.47. The summed E-state index contributed by atoms with van der Waals surface area (Å²) in [5.41, 5.74) is 4.30. The van der Waals surface area contributed by atoms with Gasteiger partial charge in [0.15, 0.2) is 0 Å². The lowest BCUT2D eigenvalue weighted by molar-refractivity contribution is 0.0951. The Balaban J connectivity index is 1.74. The van der Waals surface area contributed by atoms with Gasteiger partial charge in [0.05, 0.1) is 11.0 Å². The zero-order valence-electron chi connectivity index (χ0n) is 14.9. The summed E-state index contributed by atoms with van der Waals surface area (Å²) >= 11 is 0. The molecule has 0 saturated carbocycles. The molecule has 6 nitrogen and oxygen atoms in total. The predicted octanol–water partition coefficient (Wildman–Crippen LogP) is 1.87. The van der Waals surface area contributed by atoms with E-state index in [1.807, 2.05) is 61.5 Å². The van der Waals surface area contributed by atoms with E-state index in [2.05, 4.69) is 5.32 Å². The molecule has 2 aromatic carbocycles. The number of rotatable bonds is 4. The number of imidazole rings is 1. The molecule has 0 spiro atoms. The molecule has 1 aromatic heterocycles. The molecule has 6 heteroatoms. The van der Waals surface area contributed by atoms with Gasteiger partial charge in [-0.05, 0) is 42.0 Å². The maximum absolute atomic E-state index is 12.3. The van der Waals surface area contributed by atoms with Crippen molar-refractivity contribution in [1.29, 1.82) is 0 Å². The first-order valence-corrected chi connectivity index (χ1v) is 8.08. The van der Waals surface area contributed by atoms with Crippen molar-refractivity contribution in [3.63, 3.8) is 0 Å². The number of amides is 1. The molecule has 3 aromatic rings. The molecule has 0 atom stereocenters. The number of carbonyl (C=O) groups excluding carboxylic acids is 1. The van der Waals surface area contributed by atoms with E-state index in [9.17, 15) is 9.59 Å². The van der Waals surface area contributed by atoms with Crippen molar-refractivity contribution in [2.24, 2.45) is 14.1 Å². The van der Waals surface area contributed by atoms with Gasteiger partial charge in [-0.15, -0.1) is 0 Å².